The first-order chi connectivity index (χ1) is 24.2. The van der Waals surface area contributed by atoms with E-state index in [2.05, 4.69) is 195 Å². The number of hydrogen-bond donors (Lipinski definition) is 0. The summed E-state index contributed by atoms with van der Waals surface area (Å²) >= 11 is 0. The lowest BCUT2D eigenvalue weighted by Gasteiger charge is -2.15. The molecule has 1 aromatic heterocycles. The molecule has 0 radical (unpaired) electrons. The van der Waals surface area contributed by atoms with Crippen molar-refractivity contribution in [2.24, 2.45) is 0 Å². The minimum atomic E-state index is 0.699. The van der Waals surface area contributed by atoms with Gasteiger partial charge >= 0.3 is 0 Å². The molecular formula is C47H34N2. The van der Waals surface area contributed by atoms with Crippen LogP contribution in [0.5, 0.6) is 0 Å². The van der Waals surface area contributed by atoms with E-state index in [1.165, 1.54) is 5.56 Å². The van der Waals surface area contributed by atoms with E-state index in [0.717, 1.165) is 72.6 Å². The molecule has 0 N–H and O–H groups in total. The van der Waals surface area contributed by atoms with Crippen LogP contribution in [0, 0.1) is 6.92 Å². The van der Waals surface area contributed by atoms with E-state index in [9.17, 15) is 0 Å². The summed E-state index contributed by atoms with van der Waals surface area (Å²) in [6.45, 7) is 2.10. The minimum absolute atomic E-state index is 0.699. The average molecular weight is 627 g/mol. The summed E-state index contributed by atoms with van der Waals surface area (Å²) in [6.07, 6.45) is 0. The molecule has 1 heterocycles. The lowest BCUT2D eigenvalue weighted by Crippen LogP contribution is -1.97. The molecule has 8 aromatic rings. The molecule has 0 amide bonds. The highest BCUT2D eigenvalue weighted by Gasteiger charge is 2.15. The number of nitrogens with zero attached hydrogens (tertiary/aromatic N) is 2. The molecule has 0 fully saturated rings. The van der Waals surface area contributed by atoms with Crippen molar-refractivity contribution in [1.82, 2.24) is 9.97 Å². The Kier molecular flexibility index (Phi) is 8.19. The van der Waals surface area contributed by atoms with Crippen molar-refractivity contribution in [1.29, 1.82) is 0 Å². The van der Waals surface area contributed by atoms with Crippen LogP contribution in [0.2, 0.25) is 0 Å². The third-order valence-corrected chi connectivity index (χ3v) is 8.92. The highest BCUT2D eigenvalue weighted by atomic mass is 14.9. The van der Waals surface area contributed by atoms with Crippen LogP contribution >= 0.6 is 0 Å². The molecule has 2 nitrogen and oxygen atoms in total. The van der Waals surface area contributed by atoms with E-state index in [1.54, 1.807) is 0 Å². The third kappa shape index (κ3) is 6.58. The van der Waals surface area contributed by atoms with Gasteiger partial charge < -0.3 is 0 Å². The SMILES string of the molecule is Cc1ccc(-c2nc(-c3cc(-c4ccccc4)cc(-c4ccccc4)c3)cc(-c3cc(-c4ccccc4)cc(-c4ccccc4)c3)n2)cc1. The van der Waals surface area contributed by atoms with Crippen LogP contribution in [0.25, 0.3) is 78.4 Å². The van der Waals surface area contributed by atoms with Gasteiger partial charge in [-0.1, -0.05) is 151 Å². The summed E-state index contributed by atoms with van der Waals surface area (Å²) in [4.78, 5) is 10.5. The zero-order valence-electron chi connectivity index (χ0n) is 27.3. The average Bonchev–Trinajstić information content (AvgIpc) is 3.19. The van der Waals surface area contributed by atoms with E-state index < -0.39 is 0 Å². The monoisotopic (exact) mass is 626 g/mol. The minimum Gasteiger partial charge on any atom is -0.228 e. The Morgan fingerprint density at radius 3 is 0.898 bits per heavy atom. The highest BCUT2D eigenvalue weighted by Crippen LogP contribution is 2.37. The van der Waals surface area contributed by atoms with Gasteiger partial charge in [0.1, 0.15) is 0 Å². The number of aryl methyl sites for hydroxylation is 1. The summed E-state index contributed by atoms with van der Waals surface area (Å²) < 4.78 is 0. The molecule has 0 spiro atoms. The predicted molar refractivity (Wildman–Crippen MR) is 205 cm³/mol. The molecule has 8 rings (SSSR count). The molecule has 0 saturated heterocycles. The number of aromatic nitrogens is 2. The van der Waals surface area contributed by atoms with Gasteiger partial charge in [-0.25, -0.2) is 9.97 Å². The first-order valence-corrected chi connectivity index (χ1v) is 16.6. The zero-order chi connectivity index (χ0) is 33.0. The Bertz CT molecular complexity index is 2090. The number of hydrogen-bond acceptors (Lipinski definition) is 2. The normalized spacial score (nSPS) is 11.0. The summed E-state index contributed by atoms with van der Waals surface area (Å²) in [5.74, 6) is 0.699. The molecule has 0 aliphatic rings. The van der Waals surface area contributed by atoms with Gasteiger partial charge in [-0.15, -0.1) is 0 Å². The molecule has 0 bridgehead atoms. The molecular weight excluding hydrogens is 593 g/mol. The maximum absolute atomic E-state index is 5.25. The Hall–Kier alpha value is -6.38. The lowest BCUT2D eigenvalue weighted by molar-refractivity contribution is 1.18. The number of benzene rings is 7. The third-order valence-electron chi connectivity index (χ3n) is 8.92. The lowest BCUT2D eigenvalue weighted by atomic mass is 9.93. The van der Waals surface area contributed by atoms with Crippen LogP contribution in [0.4, 0.5) is 0 Å². The van der Waals surface area contributed by atoms with Crippen molar-refractivity contribution in [3.63, 3.8) is 0 Å². The fourth-order valence-electron chi connectivity index (χ4n) is 6.31. The van der Waals surface area contributed by atoms with E-state index in [4.69, 9.17) is 9.97 Å². The van der Waals surface area contributed by atoms with E-state index >= 15 is 0 Å². The van der Waals surface area contributed by atoms with Crippen LogP contribution < -0.4 is 0 Å². The Morgan fingerprint density at radius 2 is 0.571 bits per heavy atom. The Labute approximate surface area is 288 Å². The van der Waals surface area contributed by atoms with Gasteiger partial charge in [-0.05, 0) is 93.9 Å². The van der Waals surface area contributed by atoms with Crippen molar-refractivity contribution in [2.45, 2.75) is 6.92 Å². The van der Waals surface area contributed by atoms with Crippen LogP contribution in [0.3, 0.4) is 0 Å². The molecule has 0 saturated carbocycles. The summed E-state index contributed by atoms with van der Waals surface area (Å²) in [5.41, 5.74) is 15.3. The summed E-state index contributed by atoms with van der Waals surface area (Å²) in [5, 5.41) is 0. The molecule has 0 aliphatic heterocycles. The fraction of sp³-hybridized carbons (Fsp3) is 0.0213. The van der Waals surface area contributed by atoms with Gasteiger partial charge in [0, 0.05) is 16.7 Å². The molecule has 0 unspecified atom stereocenters. The maximum atomic E-state index is 5.25. The molecule has 0 aliphatic carbocycles. The second kappa shape index (κ2) is 13.4. The van der Waals surface area contributed by atoms with Crippen LogP contribution in [0.15, 0.2) is 188 Å². The van der Waals surface area contributed by atoms with E-state index in [-0.39, 0.29) is 0 Å². The summed E-state index contributed by atoms with van der Waals surface area (Å²) in [6, 6.07) is 66.4. The topological polar surface area (TPSA) is 25.8 Å². The maximum Gasteiger partial charge on any atom is 0.160 e. The van der Waals surface area contributed by atoms with Crippen molar-refractivity contribution < 1.29 is 0 Å². The van der Waals surface area contributed by atoms with Gasteiger partial charge in [0.25, 0.3) is 0 Å². The van der Waals surface area contributed by atoms with E-state index in [1.807, 2.05) is 0 Å². The van der Waals surface area contributed by atoms with Gasteiger partial charge in [-0.3, -0.25) is 0 Å². The molecule has 2 heteroatoms. The first-order valence-electron chi connectivity index (χ1n) is 16.6. The Balaban J connectivity index is 1.37. The van der Waals surface area contributed by atoms with Crippen LogP contribution in [-0.4, -0.2) is 9.97 Å². The van der Waals surface area contributed by atoms with Crippen molar-refractivity contribution >= 4 is 0 Å². The van der Waals surface area contributed by atoms with Gasteiger partial charge in [0.15, 0.2) is 5.82 Å². The molecule has 0 atom stereocenters. The van der Waals surface area contributed by atoms with Crippen molar-refractivity contribution in [3.05, 3.63) is 194 Å². The van der Waals surface area contributed by atoms with Crippen molar-refractivity contribution in [2.75, 3.05) is 0 Å². The van der Waals surface area contributed by atoms with Crippen molar-refractivity contribution in [3.8, 4) is 78.4 Å². The second-order valence-corrected chi connectivity index (χ2v) is 12.4. The fourth-order valence-corrected chi connectivity index (χ4v) is 6.31. The predicted octanol–water partition coefficient (Wildman–Crippen LogP) is 12.5. The highest BCUT2D eigenvalue weighted by molar-refractivity contribution is 5.84. The van der Waals surface area contributed by atoms with Crippen LogP contribution in [-0.2, 0) is 0 Å². The second-order valence-electron chi connectivity index (χ2n) is 12.4. The van der Waals surface area contributed by atoms with Gasteiger partial charge in [0.05, 0.1) is 11.4 Å². The van der Waals surface area contributed by atoms with E-state index in [0.29, 0.717) is 5.82 Å². The molecule has 7 aromatic carbocycles. The quantitative estimate of drug-likeness (QED) is 0.176. The Morgan fingerprint density at radius 1 is 0.265 bits per heavy atom. The first kappa shape index (κ1) is 30.0. The zero-order valence-corrected chi connectivity index (χ0v) is 27.3. The standard InChI is InChI=1S/C47H34N2/c1-33-22-24-38(25-23-33)47-48-45(43-28-39(34-14-6-2-7-15-34)26-40(29-43)35-16-8-3-9-17-35)32-46(49-47)44-30-41(36-18-10-4-11-19-36)27-42(31-44)37-20-12-5-13-21-37/h2-32H,1H3. The largest absolute Gasteiger partial charge is 0.228 e. The van der Waals surface area contributed by atoms with Gasteiger partial charge in [0.2, 0.25) is 0 Å². The summed E-state index contributed by atoms with van der Waals surface area (Å²) in [7, 11) is 0. The molecule has 232 valence electrons. The smallest absolute Gasteiger partial charge is 0.160 e. The van der Waals surface area contributed by atoms with Gasteiger partial charge in [-0.2, -0.15) is 0 Å². The van der Waals surface area contributed by atoms with Crippen LogP contribution in [0.1, 0.15) is 5.56 Å². The number of rotatable bonds is 7. The molecule has 49 heavy (non-hydrogen) atoms.